The quantitative estimate of drug-likeness (QED) is 0.804. The molecule has 0 bridgehead atoms. The second kappa shape index (κ2) is 5.73. The Kier molecular flexibility index (Phi) is 4.04. The number of anilines is 1. The largest absolute Gasteiger partial charge is 0.399 e. The number of nitrogen functional groups attached to an aromatic ring is 1. The van der Waals surface area contributed by atoms with Gasteiger partial charge in [-0.3, -0.25) is 4.79 Å². The van der Waals surface area contributed by atoms with Gasteiger partial charge in [-0.2, -0.15) is 0 Å². The van der Waals surface area contributed by atoms with E-state index in [1.807, 2.05) is 18.2 Å². The second-order valence-corrected chi connectivity index (χ2v) is 4.66. The van der Waals surface area contributed by atoms with Gasteiger partial charge in [0, 0.05) is 32.1 Å². The van der Waals surface area contributed by atoms with Gasteiger partial charge in [0.2, 0.25) is 5.91 Å². The highest BCUT2D eigenvalue weighted by Gasteiger charge is 2.10. The maximum absolute atomic E-state index is 10.9. The monoisotopic (exact) mass is 260 g/mol. The highest BCUT2D eigenvalue weighted by molar-refractivity contribution is 5.79. The van der Waals surface area contributed by atoms with Crippen molar-refractivity contribution in [3.05, 3.63) is 24.0 Å². The average molecular weight is 260 g/mol. The van der Waals surface area contributed by atoms with Gasteiger partial charge >= 0.3 is 0 Å². The molecule has 1 amide bonds. The normalized spacial score (nSPS) is 10.8. The summed E-state index contributed by atoms with van der Waals surface area (Å²) in [7, 11) is 0. The zero-order chi connectivity index (χ0) is 13.8. The molecule has 0 saturated carbocycles. The highest BCUT2D eigenvalue weighted by atomic mass is 16.1. The van der Waals surface area contributed by atoms with Crippen molar-refractivity contribution in [2.75, 3.05) is 12.3 Å². The third-order valence-corrected chi connectivity index (χ3v) is 3.03. The SMILES string of the molecule is CCCc1nc2cc(N)ccc2n1CCNC(C)=O. The smallest absolute Gasteiger partial charge is 0.216 e. The van der Waals surface area contributed by atoms with Crippen LogP contribution in [0.1, 0.15) is 26.1 Å². The van der Waals surface area contributed by atoms with E-state index in [0.717, 1.165) is 41.9 Å². The topological polar surface area (TPSA) is 72.9 Å². The van der Waals surface area contributed by atoms with E-state index in [9.17, 15) is 4.79 Å². The Morgan fingerprint density at radius 1 is 1.47 bits per heavy atom. The number of aromatic nitrogens is 2. The molecule has 0 aliphatic rings. The van der Waals surface area contributed by atoms with E-state index < -0.39 is 0 Å². The third kappa shape index (κ3) is 3.05. The fourth-order valence-electron chi connectivity index (χ4n) is 2.20. The van der Waals surface area contributed by atoms with Gasteiger partial charge in [-0.25, -0.2) is 4.98 Å². The van der Waals surface area contributed by atoms with Crippen LogP contribution in [0.5, 0.6) is 0 Å². The summed E-state index contributed by atoms with van der Waals surface area (Å²) in [5, 5.41) is 2.82. The molecular weight excluding hydrogens is 240 g/mol. The summed E-state index contributed by atoms with van der Waals surface area (Å²) in [6, 6.07) is 5.77. The molecule has 0 unspecified atom stereocenters. The van der Waals surface area contributed by atoms with Crippen LogP contribution in [0.25, 0.3) is 11.0 Å². The molecule has 1 heterocycles. The van der Waals surface area contributed by atoms with Gasteiger partial charge in [0.1, 0.15) is 5.82 Å². The number of imidazole rings is 1. The molecule has 102 valence electrons. The first-order valence-corrected chi connectivity index (χ1v) is 6.61. The number of amides is 1. The van der Waals surface area contributed by atoms with Crippen LogP contribution in [0.4, 0.5) is 5.69 Å². The van der Waals surface area contributed by atoms with Crippen LogP contribution in [0.2, 0.25) is 0 Å². The minimum atomic E-state index is -0.00860. The Labute approximate surface area is 112 Å². The molecule has 3 N–H and O–H groups in total. The first-order chi connectivity index (χ1) is 9.11. The number of benzene rings is 1. The van der Waals surface area contributed by atoms with E-state index in [1.54, 1.807) is 0 Å². The summed E-state index contributed by atoms with van der Waals surface area (Å²) >= 11 is 0. The predicted molar refractivity (Wildman–Crippen MR) is 76.8 cm³/mol. The van der Waals surface area contributed by atoms with Crippen molar-refractivity contribution < 1.29 is 4.79 Å². The van der Waals surface area contributed by atoms with E-state index in [2.05, 4.69) is 21.8 Å². The number of rotatable bonds is 5. The number of fused-ring (bicyclic) bond motifs is 1. The van der Waals surface area contributed by atoms with Crippen LogP contribution >= 0.6 is 0 Å². The summed E-state index contributed by atoms with van der Waals surface area (Å²) in [6.45, 7) is 5.00. The lowest BCUT2D eigenvalue weighted by Gasteiger charge is -2.09. The molecule has 2 rings (SSSR count). The van der Waals surface area contributed by atoms with E-state index in [0.29, 0.717) is 6.54 Å². The van der Waals surface area contributed by atoms with Crippen LogP contribution in [0.15, 0.2) is 18.2 Å². The Balaban J connectivity index is 2.31. The molecule has 0 radical (unpaired) electrons. The fourth-order valence-corrected chi connectivity index (χ4v) is 2.20. The van der Waals surface area contributed by atoms with Crippen LogP contribution in [0, 0.1) is 0 Å². The standard InChI is InChI=1S/C14H20N4O/c1-3-4-14-17-12-9-11(15)5-6-13(12)18(14)8-7-16-10(2)19/h5-6,9H,3-4,7-8,15H2,1-2H3,(H,16,19). The zero-order valence-electron chi connectivity index (χ0n) is 11.4. The lowest BCUT2D eigenvalue weighted by Crippen LogP contribution is -2.25. The Hall–Kier alpha value is -2.04. The van der Waals surface area contributed by atoms with Crippen LogP contribution in [-0.2, 0) is 17.8 Å². The van der Waals surface area contributed by atoms with Gasteiger partial charge in [0.15, 0.2) is 0 Å². The number of hydrogen-bond donors (Lipinski definition) is 2. The molecular formula is C14H20N4O. The van der Waals surface area contributed by atoms with Gasteiger partial charge < -0.3 is 15.6 Å². The van der Waals surface area contributed by atoms with Gasteiger partial charge in [-0.05, 0) is 24.6 Å². The molecule has 5 nitrogen and oxygen atoms in total. The molecule has 1 aromatic heterocycles. The van der Waals surface area contributed by atoms with E-state index >= 15 is 0 Å². The molecule has 0 aliphatic heterocycles. The Bertz CT molecular complexity index is 588. The van der Waals surface area contributed by atoms with Gasteiger partial charge in [0.05, 0.1) is 11.0 Å². The highest BCUT2D eigenvalue weighted by Crippen LogP contribution is 2.19. The maximum atomic E-state index is 10.9. The molecule has 2 aromatic rings. The second-order valence-electron chi connectivity index (χ2n) is 4.66. The first kappa shape index (κ1) is 13.4. The van der Waals surface area contributed by atoms with Crippen LogP contribution in [0.3, 0.4) is 0 Å². The lowest BCUT2D eigenvalue weighted by molar-refractivity contribution is -0.118. The van der Waals surface area contributed by atoms with Crippen LogP contribution in [-0.4, -0.2) is 22.0 Å². The third-order valence-electron chi connectivity index (χ3n) is 3.03. The van der Waals surface area contributed by atoms with E-state index in [-0.39, 0.29) is 5.91 Å². The van der Waals surface area contributed by atoms with Crippen molar-refractivity contribution in [2.45, 2.75) is 33.2 Å². The molecule has 0 fully saturated rings. The van der Waals surface area contributed by atoms with Gasteiger partial charge in [-0.15, -0.1) is 0 Å². The van der Waals surface area contributed by atoms with Crippen molar-refractivity contribution in [1.82, 2.24) is 14.9 Å². The number of carbonyl (C=O) groups excluding carboxylic acids is 1. The molecule has 5 heteroatoms. The summed E-state index contributed by atoms with van der Waals surface area (Å²) in [5.41, 5.74) is 8.51. The summed E-state index contributed by atoms with van der Waals surface area (Å²) in [6.07, 6.45) is 1.97. The molecule has 19 heavy (non-hydrogen) atoms. The number of nitrogens with one attached hydrogen (secondary N) is 1. The lowest BCUT2D eigenvalue weighted by atomic mass is 10.3. The van der Waals surface area contributed by atoms with E-state index in [1.165, 1.54) is 6.92 Å². The molecule has 0 aliphatic carbocycles. The fraction of sp³-hybridized carbons (Fsp3) is 0.429. The summed E-state index contributed by atoms with van der Waals surface area (Å²) in [4.78, 5) is 15.6. The molecule has 0 saturated heterocycles. The Morgan fingerprint density at radius 3 is 2.95 bits per heavy atom. The number of hydrogen-bond acceptors (Lipinski definition) is 3. The Morgan fingerprint density at radius 2 is 2.26 bits per heavy atom. The summed E-state index contributed by atoms with van der Waals surface area (Å²) in [5.74, 6) is 1.04. The van der Waals surface area contributed by atoms with Gasteiger partial charge in [0.25, 0.3) is 0 Å². The number of carbonyl (C=O) groups is 1. The van der Waals surface area contributed by atoms with Crippen LogP contribution < -0.4 is 11.1 Å². The first-order valence-electron chi connectivity index (χ1n) is 6.61. The summed E-state index contributed by atoms with van der Waals surface area (Å²) < 4.78 is 2.16. The van der Waals surface area contributed by atoms with Crippen molar-refractivity contribution in [1.29, 1.82) is 0 Å². The zero-order valence-corrected chi connectivity index (χ0v) is 11.4. The van der Waals surface area contributed by atoms with Crippen molar-refractivity contribution in [3.63, 3.8) is 0 Å². The minimum Gasteiger partial charge on any atom is -0.399 e. The minimum absolute atomic E-state index is 0.00860. The molecule has 0 atom stereocenters. The number of nitrogens with zero attached hydrogens (tertiary/aromatic N) is 2. The van der Waals surface area contributed by atoms with Crippen molar-refractivity contribution in [3.8, 4) is 0 Å². The number of aryl methyl sites for hydroxylation is 1. The van der Waals surface area contributed by atoms with E-state index in [4.69, 9.17) is 5.73 Å². The van der Waals surface area contributed by atoms with Crippen molar-refractivity contribution in [2.24, 2.45) is 0 Å². The average Bonchev–Trinajstić information content (AvgIpc) is 2.66. The number of nitrogens with two attached hydrogens (primary N) is 1. The molecule has 0 spiro atoms. The molecule has 1 aromatic carbocycles. The maximum Gasteiger partial charge on any atom is 0.216 e. The predicted octanol–water partition coefficient (Wildman–Crippen LogP) is 1.71. The van der Waals surface area contributed by atoms with Crippen molar-refractivity contribution >= 4 is 22.6 Å². The van der Waals surface area contributed by atoms with Gasteiger partial charge in [-0.1, -0.05) is 6.92 Å².